The lowest BCUT2D eigenvalue weighted by Crippen LogP contribution is -2.46. The third kappa shape index (κ3) is 45.4. The maximum Gasteiger partial charge on any atom is 0.306 e. The summed E-state index contributed by atoms with van der Waals surface area (Å²) in [5.41, 5.74) is 0. The summed E-state index contributed by atoms with van der Waals surface area (Å²) in [5.74, 6) is -0.659. The van der Waals surface area contributed by atoms with Gasteiger partial charge >= 0.3 is 5.97 Å². The molecular weight excluding hydrogens is 791 g/mol. The maximum atomic E-state index is 13.2. The second kappa shape index (κ2) is 50.8. The van der Waals surface area contributed by atoms with Crippen LogP contribution in [0.2, 0.25) is 0 Å². The number of allylic oxidation sites excluding steroid dienone is 15. The number of aliphatic hydroxyl groups is 2. The summed E-state index contributed by atoms with van der Waals surface area (Å²) < 4.78 is 5.81. The van der Waals surface area contributed by atoms with Crippen molar-refractivity contribution in [2.75, 3.05) is 6.61 Å². The summed E-state index contributed by atoms with van der Waals surface area (Å²) in [4.78, 5) is 26.1. The summed E-state index contributed by atoms with van der Waals surface area (Å²) in [6.07, 6.45) is 67.8. The van der Waals surface area contributed by atoms with Crippen molar-refractivity contribution in [2.24, 2.45) is 0 Å². The first-order valence-electron chi connectivity index (χ1n) is 26.6. The average Bonchev–Trinajstić information content (AvgIpc) is 3.29. The number of aliphatic hydroxyl groups excluding tert-OH is 2. The van der Waals surface area contributed by atoms with E-state index in [2.05, 4.69) is 50.4 Å². The smallest absolute Gasteiger partial charge is 0.306 e. The summed E-state index contributed by atoms with van der Waals surface area (Å²) >= 11 is 0. The van der Waals surface area contributed by atoms with Gasteiger partial charge in [-0.25, -0.2) is 0 Å². The first-order valence-corrected chi connectivity index (χ1v) is 26.6. The average molecular weight is 890 g/mol. The molecule has 0 aliphatic heterocycles. The number of rotatable bonds is 46. The fraction of sp³-hybridized carbons (Fsp3) is 0.690. The van der Waals surface area contributed by atoms with Gasteiger partial charge in [-0.3, -0.25) is 9.59 Å². The minimum atomic E-state index is -0.825. The molecule has 0 aromatic heterocycles. The SMILES string of the molecule is CC\C=C/C=C/C=C/C=C\C=C\C=C\CCCCCC(=O)OC(/C=C/C/C=C\CCCCCCCC)CC(=O)NC(CO)C(O)CCCCCCCCCCCCCCCCCCC. The fourth-order valence-electron chi connectivity index (χ4n) is 7.54. The molecule has 0 rings (SSSR count). The van der Waals surface area contributed by atoms with Crippen LogP contribution in [-0.4, -0.2) is 46.9 Å². The van der Waals surface area contributed by atoms with Crippen LogP contribution < -0.4 is 5.32 Å². The second-order valence-electron chi connectivity index (χ2n) is 17.7. The molecule has 0 aliphatic carbocycles. The molecule has 3 N–H and O–H groups in total. The zero-order chi connectivity index (χ0) is 46.7. The van der Waals surface area contributed by atoms with E-state index in [0.717, 1.165) is 57.8 Å². The van der Waals surface area contributed by atoms with E-state index in [-0.39, 0.29) is 24.9 Å². The Hall–Kier alpha value is -3.22. The Bertz CT molecular complexity index is 1270. The number of esters is 1. The van der Waals surface area contributed by atoms with Gasteiger partial charge in [0.15, 0.2) is 0 Å². The Balaban J connectivity index is 4.65. The molecular formula is C58H99NO5. The van der Waals surface area contributed by atoms with Crippen LogP contribution >= 0.6 is 0 Å². The number of amides is 1. The largest absolute Gasteiger partial charge is 0.458 e. The van der Waals surface area contributed by atoms with E-state index in [4.69, 9.17) is 4.74 Å². The van der Waals surface area contributed by atoms with E-state index in [0.29, 0.717) is 19.3 Å². The summed E-state index contributed by atoms with van der Waals surface area (Å²) in [6.45, 7) is 6.29. The maximum absolute atomic E-state index is 13.2. The van der Waals surface area contributed by atoms with Gasteiger partial charge in [0.1, 0.15) is 6.10 Å². The van der Waals surface area contributed by atoms with Crippen molar-refractivity contribution in [1.82, 2.24) is 5.32 Å². The molecule has 0 saturated carbocycles. The highest BCUT2D eigenvalue weighted by Crippen LogP contribution is 2.16. The number of carbonyl (C=O) groups excluding carboxylic acids is 2. The van der Waals surface area contributed by atoms with E-state index in [1.807, 2.05) is 66.8 Å². The normalized spacial score (nSPS) is 14.0. The van der Waals surface area contributed by atoms with Crippen LogP contribution in [0.4, 0.5) is 0 Å². The molecule has 0 aliphatic rings. The highest BCUT2D eigenvalue weighted by Gasteiger charge is 2.23. The standard InChI is InChI=1S/C58H99NO5/c1-4-7-10-13-16-19-22-24-26-28-30-32-35-38-41-44-47-50-56(61)55(53-60)59-57(62)52-54(49-46-43-40-37-34-21-18-15-12-9-6-3)64-58(63)51-48-45-42-39-36-33-31-29-27-25-23-20-17-14-11-8-5-2/h8,11,14,17,20,23,25,27,29,31,33,36-37,40,46,49,54-56,60-61H,4-7,9-10,12-13,15-16,18-19,21-22,24,26,28,30,32,34-35,38-39,41-45,47-48,50-53H2,1-3H3,(H,59,62)/b11-8-,17-14+,23-20+,27-25-,31-29+,36-33+,40-37-,49-46+. The van der Waals surface area contributed by atoms with Gasteiger partial charge in [0.2, 0.25) is 5.91 Å². The van der Waals surface area contributed by atoms with Crippen molar-refractivity contribution in [3.63, 3.8) is 0 Å². The lowest BCUT2D eigenvalue weighted by atomic mass is 10.0. The molecule has 64 heavy (non-hydrogen) atoms. The van der Waals surface area contributed by atoms with Gasteiger partial charge in [-0.1, -0.05) is 260 Å². The quantitative estimate of drug-likeness (QED) is 0.0245. The van der Waals surface area contributed by atoms with Crippen molar-refractivity contribution >= 4 is 11.9 Å². The van der Waals surface area contributed by atoms with Crippen molar-refractivity contribution in [1.29, 1.82) is 0 Å². The third-order valence-electron chi connectivity index (χ3n) is 11.6. The van der Waals surface area contributed by atoms with Gasteiger partial charge in [-0.05, 0) is 57.4 Å². The zero-order valence-corrected chi connectivity index (χ0v) is 41.6. The van der Waals surface area contributed by atoms with Gasteiger partial charge in [0.05, 0.1) is 25.2 Å². The van der Waals surface area contributed by atoms with Gasteiger partial charge in [-0.15, -0.1) is 0 Å². The van der Waals surface area contributed by atoms with Gasteiger partial charge < -0.3 is 20.3 Å². The molecule has 366 valence electrons. The highest BCUT2D eigenvalue weighted by atomic mass is 16.5. The Morgan fingerprint density at radius 3 is 1.44 bits per heavy atom. The third-order valence-corrected chi connectivity index (χ3v) is 11.6. The molecule has 0 aromatic carbocycles. The molecule has 0 bridgehead atoms. The van der Waals surface area contributed by atoms with Crippen LogP contribution in [0.3, 0.4) is 0 Å². The van der Waals surface area contributed by atoms with Crippen LogP contribution in [-0.2, 0) is 14.3 Å². The minimum Gasteiger partial charge on any atom is -0.458 e. The predicted octanol–water partition coefficient (Wildman–Crippen LogP) is 16.1. The first kappa shape index (κ1) is 60.8. The Kier molecular flexibility index (Phi) is 48.2. The molecule has 0 radical (unpaired) electrons. The first-order chi connectivity index (χ1) is 31.5. The van der Waals surface area contributed by atoms with Crippen molar-refractivity contribution in [2.45, 2.75) is 251 Å². The molecule has 1 amide bonds. The van der Waals surface area contributed by atoms with Gasteiger partial charge in [0, 0.05) is 6.42 Å². The number of nitrogens with one attached hydrogen (secondary N) is 1. The highest BCUT2D eigenvalue weighted by molar-refractivity contribution is 5.78. The van der Waals surface area contributed by atoms with Gasteiger partial charge in [0.25, 0.3) is 0 Å². The van der Waals surface area contributed by atoms with E-state index in [1.165, 1.54) is 128 Å². The van der Waals surface area contributed by atoms with Gasteiger partial charge in [-0.2, -0.15) is 0 Å². The van der Waals surface area contributed by atoms with Crippen molar-refractivity contribution in [3.05, 3.63) is 97.2 Å². The Morgan fingerprint density at radius 1 is 0.500 bits per heavy atom. The number of hydrogen-bond donors (Lipinski definition) is 3. The Labute approximate surface area is 395 Å². The molecule has 6 heteroatoms. The van der Waals surface area contributed by atoms with Crippen molar-refractivity contribution < 1.29 is 24.5 Å². The monoisotopic (exact) mass is 890 g/mol. The summed E-state index contributed by atoms with van der Waals surface area (Å²) in [6, 6.07) is -0.748. The molecule has 6 nitrogen and oxygen atoms in total. The molecule has 0 saturated heterocycles. The molecule has 0 heterocycles. The van der Waals surface area contributed by atoms with Crippen LogP contribution in [0, 0.1) is 0 Å². The second-order valence-corrected chi connectivity index (χ2v) is 17.7. The van der Waals surface area contributed by atoms with Crippen molar-refractivity contribution in [3.8, 4) is 0 Å². The van der Waals surface area contributed by atoms with E-state index in [1.54, 1.807) is 6.08 Å². The van der Waals surface area contributed by atoms with E-state index in [9.17, 15) is 19.8 Å². The molecule has 3 atom stereocenters. The van der Waals surface area contributed by atoms with Crippen LogP contribution in [0.1, 0.15) is 233 Å². The summed E-state index contributed by atoms with van der Waals surface area (Å²) in [7, 11) is 0. The molecule has 0 aromatic rings. The number of carbonyl (C=O) groups is 2. The number of unbranched alkanes of at least 4 members (excludes halogenated alkanes) is 25. The van der Waals surface area contributed by atoms with E-state index >= 15 is 0 Å². The number of hydrogen-bond acceptors (Lipinski definition) is 5. The topological polar surface area (TPSA) is 95.9 Å². The minimum absolute atomic E-state index is 0.0520. The predicted molar refractivity (Wildman–Crippen MR) is 277 cm³/mol. The lowest BCUT2D eigenvalue weighted by molar-refractivity contribution is -0.148. The lowest BCUT2D eigenvalue weighted by Gasteiger charge is -2.23. The molecule has 0 fully saturated rings. The van der Waals surface area contributed by atoms with Crippen LogP contribution in [0.15, 0.2) is 97.2 Å². The number of ether oxygens (including phenoxy) is 1. The Morgan fingerprint density at radius 2 is 0.938 bits per heavy atom. The fourth-order valence-corrected chi connectivity index (χ4v) is 7.54. The van der Waals surface area contributed by atoms with E-state index < -0.39 is 18.2 Å². The molecule has 0 spiro atoms. The van der Waals surface area contributed by atoms with Crippen LogP contribution in [0.25, 0.3) is 0 Å². The zero-order valence-electron chi connectivity index (χ0n) is 41.6. The molecule has 3 unspecified atom stereocenters. The summed E-state index contributed by atoms with van der Waals surface area (Å²) in [5, 5.41) is 23.7. The van der Waals surface area contributed by atoms with Crippen LogP contribution in [0.5, 0.6) is 0 Å².